The molecule has 0 N–H and O–H groups in total. The van der Waals surface area contributed by atoms with Gasteiger partial charge in [0, 0.05) is 0 Å². The largest absolute Gasteiger partial charge is 0.499 e. The highest BCUT2D eigenvalue weighted by Crippen LogP contribution is 2.20. The van der Waals surface area contributed by atoms with E-state index in [-0.39, 0.29) is 6.04 Å². The Morgan fingerprint density at radius 1 is 1.80 bits per heavy atom. The Kier molecular flexibility index (Phi) is 2.49. The van der Waals surface area contributed by atoms with Crippen molar-refractivity contribution in [3.8, 4) is 0 Å². The van der Waals surface area contributed by atoms with Crippen LogP contribution in [-0.2, 0) is 4.74 Å². The number of hydrogen-bond donors (Lipinski definition) is 0. The first-order valence-electron chi connectivity index (χ1n) is 3.58. The summed E-state index contributed by atoms with van der Waals surface area (Å²) >= 11 is 0. The molecule has 0 heterocycles. The van der Waals surface area contributed by atoms with Gasteiger partial charge in [0.2, 0.25) is 0 Å². The van der Waals surface area contributed by atoms with Gasteiger partial charge in [0.15, 0.2) is 0 Å². The molecule has 1 atom stereocenters. The standard InChI is InChI=1S/C8H13NO/c1-9-7-5-3-4-6-8(7)10-2/h6-7H,1,3-5H2,2H3. The van der Waals surface area contributed by atoms with Gasteiger partial charge in [-0.3, -0.25) is 4.99 Å². The van der Waals surface area contributed by atoms with Crippen molar-refractivity contribution >= 4 is 6.72 Å². The monoisotopic (exact) mass is 139 g/mol. The van der Waals surface area contributed by atoms with Gasteiger partial charge in [-0.2, -0.15) is 0 Å². The van der Waals surface area contributed by atoms with Gasteiger partial charge in [0.1, 0.15) is 11.8 Å². The van der Waals surface area contributed by atoms with Crippen LogP contribution in [0.5, 0.6) is 0 Å². The Balaban J connectivity index is 2.62. The third kappa shape index (κ3) is 1.38. The van der Waals surface area contributed by atoms with Gasteiger partial charge in [-0.25, -0.2) is 0 Å². The molecule has 1 aliphatic rings. The van der Waals surface area contributed by atoms with Gasteiger partial charge in [-0.15, -0.1) is 0 Å². The molecule has 2 heteroatoms. The average Bonchev–Trinajstić information content (AvgIpc) is 2.04. The summed E-state index contributed by atoms with van der Waals surface area (Å²) in [4.78, 5) is 3.96. The van der Waals surface area contributed by atoms with Crippen LogP contribution in [0.2, 0.25) is 0 Å². The van der Waals surface area contributed by atoms with Crippen LogP contribution in [0.1, 0.15) is 19.3 Å². The first-order chi connectivity index (χ1) is 4.88. The number of aliphatic imine (C=N–C) groups is 1. The maximum absolute atomic E-state index is 5.12. The van der Waals surface area contributed by atoms with Crippen LogP contribution in [0.25, 0.3) is 0 Å². The van der Waals surface area contributed by atoms with Crippen molar-refractivity contribution in [1.29, 1.82) is 0 Å². The van der Waals surface area contributed by atoms with Crippen LogP contribution in [0, 0.1) is 0 Å². The van der Waals surface area contributed by atoms with Crippen molar-refractivity contribution < 1.29 is 4.74 Å². The Bertz CT molecular complexity index is 151. The second kappa shape index (κ2) is 3.40. The SMILES string of the molecule is C=NC1CCCC=C1OC. The van der Waals surface area contributed by atoms with E-state index in [4.69, 9.17) is 4.74 Å². The summed E-state index contributed by atoms with van der Waals surface area (Å²) in [6.07, 6.45) is 5.51. The molecule has 0 aromatic heterocycles. The number of ether oxygens (including phenoxy) is 1. The average molecular weight is 139 g/mol. The molecule has 2 nitrogen and oxygen atoms in total. The summed E-state index contributed by atoms with van der Waals surface area (Å²) in [5, 5.41) is 0. The molecule has 0 aromatic carbocycles. The molecule has 0 radical (unpaired) electrons. The summed E-state index contributed by atoms with van der Waals surface area (Å²) < 4.78 is 5.12. The molecule has 1 unspecified atom stereocenters. The molecule has 0 saturated carbocycles. The maximum atomic E-state index is 5.12. The van der Waals surface area contributed by atoms with E-state index in [2.05, 4.69) is 17.8 Å². The van der Waals surface area contributed by atoms with Crippen molar-refractivity contribution in [3.63, 3.8) is 0 Å². The van der Waals surface area contributed by atoms with Crippen molar-refractivity contribution in [2.24, 2.45) is 4.99 Å². The molecule has 10 heavy (non-hydrogen) atoms. The lowest BCUT2D eigenvalue weighted by Gasteiger charge is -2.18. The van der Waals surface area contributed by atoms with Gasteiger partial charge < -0.3 is 4.74 Å². The van der Waals surface area contributed by atoms with Gasteiger partial charge in [-0.1, -0.05) is 0 Å². The lowest BCUT2D eigenvalue weighted by atomic mass is 10.0. The van der Waals surface area contributed by atoms with Crippen molar-refractivity contribution in [3.05, 3.63) is 11.8 Å². The van der Waals surface area contributed by atoms with Crippen LogP contribution < -0.4 is 0 Å². The minimum atomic E-state index is 0.221. The summed E-state index contributed by atoms with van der Waals surface area (Å²) in [7, 11) is 1.69. The van der Waals surface area contributed by atoms with Crippen molar-refractivity contribution in [2.45, 2.75) is 25.3 Å². The van der Waals surface area contributed by atoms with E-state index < -0.39 is 0 Å². The van der Waals surface area contributed by atoms with E-state index in [0.717, 1.165) is 18.6 Å². The minimum absolute atomic E-state index is 0.221. The molecule has 56 valence electrons. The first kappa shape index (κ1) is 7.32. The molecule has 0 bridgehead atoms. The number of allylic oxidation sites excluding steroid dienone is 1. The highest BCUT2D eigenvalue weighted by molar-refractivity contribution is 5.27. The fourth-order valence-electron chi connectivity index (χ4n) is 1.23. The molecule has 0 aromatic rings. The quantitative estimate of drug-likeness (QED) is 0.534. The van der Waals surface area contributed by atoms with Gasteiger partial charge >= 0.3 is 0 Å². The molecule has 1 rings (SSSR count). The number of methoxy groups -OCH3 is 1. The zero-order valence-corrected chi connectivity index (χ0v) is 6.34. The molecular weight excluding hydrogens is 126 g/mol. The Labute approximate surface area is 61.6 Å². The van der Waals surface area contributed by atoms with E-state index in [0.29, 0.717) is 0 Å². The highest BCUT2D eigenvalue weighted by Gasteiger charge is 2.15. The second-order valence-corrected chi connectivity index (χ2v) is 2.44. The minimum Gasteiger partial charge on any atom is -0.499 e. The second-order valence-electron chi connectivity index (χ2n) is 2.44. The van der Waals surface area contributed by atoms with Crippen LogP contribution in [-0.4, -0.2) is 19.9 Å². The summed E-state index contributed by atoms with van der Waals surface area (Å²) in [5.41, 5.74) is 0. The van der Waals surface area contributed by atoms with Crippen molar-refractivity contribution in [2.75, 3.05) is 7.11 Å². The van der Waals surface area contributed by atoms with Gasteiger partial charge in [-0.05, 0) is 32.1 Å². The number of nitrogens with zero attached hydrogens (tertiary/aromatic N) is 1. The topological polar surface area (TPSA) is 21.6 Å². The van der Waals surface area contributed by atoms with Gasteiger partial charge in [0.25, 0.3) is 0 Å². The highest BCUT2D eigenvalue weighted by atomic mass is 16.5. The molecule has 0 spiro atoms. The van der Waals surface area contributed by atoms with Crippen LogP contribution >= 0.6 is 0 Å². The third-order valence-corrected chi connectivity index (χ3v) is 1.81. The lowest BCUT2D eigenvalue weighted by molar-refractivity contribution is 0.252. The maximum Gasteiger partial charge on any atom is 0.116 e. The predicted molar refractivity (Wildman–Crippen MR) is 42.3 cm³/mol. The number of rotatable bonds is 2. The first-order valence-corrected chi connectivity index (χ1v) is 3.58. The van der Waals surface area contributed by atoms with Crippen LogP contribution in [0.3, 0.4) is 0 Å². The summed E-state index contributed by atoms with van der Waals surface area (Å²) in [6.45, 7) is 3.51. The van der Waals surface area contributed by atoms with E-state index in [1.807, 2.05) is 0 Å². The third-order valence-electron chi connectivity index (χ3n) is 1.81. The van der Waals surface area contributed by atoms with E-state index in [9.17, 15) is 0 Å². The Hall–Kier alpha value is -0.790. The van der Waals surface area contributed by atoms with Crippen molar-refractivity contribution in [1.82, 2.24) is 0 Å². The smallest absolute Gasteiger partial charge is 0.116 e. The molecule has 1 aliphatic carbocycles. The Morgan fingerprint density at radius 2 is 2.60 bits per heavy atom. The summed E-state index contributed by atoms with van der Waals surface area (Å²) in [5.74, 6) is 0.987. The normalized spacial score (nSPS) is 25.3. The van der Waals surface area contributed by atoms with Gasteiger partial charge in [0.05, 0.1) is 7.11 Å². The molecule has 0 saturated heterocycles. The zero-order chi connectivity index (χ0) is 7.40. The lowest BCUT2D eigenvalue weighted by Crippen LogP contribution is -2.12. The fourth-order valence-corrected chi connectivity index (χ4v) is 1.23. The van der Waals surface area contributed by atoms with E-state index in [1.165, 1.54) is 6.42 Å². The molecule has 0 aliphatic heterocycles. The molecule has 0 fully saturated rings. The van der Waals surface area contributed by atoms with Crippen LogP contribution in [0.4, 0.5) is 0 Å². The Morgan fingerprint density at radius 3 is 3.10 bits per heavy atom. The number of hydrogen-bond acceptors (Lipinski definition) is 2. The zero-order valence-electron chi connectivity index (χ0n) is 6.34. The fraction of sp³-hybridized carbons (Fsp3) is 0.625. The molecular formula is C8H13NO. The van der Waals surface area contributed by atoms with E-state index in [1.54, 1.807) is 7.11 Å². The predicted octanol–water partition coefficient (Wildman–Crippen LogP) is 1.77. The van der Waals surface area contributed by atoms with Crippen LogP contribution in [0.15, 0.2) is 16.8 Å². The summed E-state index contributed by atoms with van der Waals surface area (Å²) in [6, 6.07) is 0.221. The van der Waals surface area contributed by atoms with E-state index >= 15 is 0 Å². The molecule has 0 amide bonds.